The van der Waals surface area contributed by atoms with Crippen LogP contribution in [-0.2, 0) is 11.3 Å². The highest BCUT2D eigenvalue weighted by molar-refractivity contribution is 7.99. The summed E-state index contributed by atoms with van der Waals surface area (Å²) in [4.78, 5) is 14.2. The third-order valence-corrected chi connectivity index (χ3v) is 4.64. The highest BCUT2D eigenvalue weighted by atomic mass is 32.2. The number of thioether (sulfide) groups is 1. The zero-order valence-electron chi connectivity index (χ0n) is 13.4. The highest BCUT2D eigenvalue weighted by Gasteiger charge is 2.14. The third kappa shape index (κ3) is 5.73. The van der Waals surface area contributed by atoms with E-state index < -0.39 is 6.10 Å². The van der Waals surface area contributed by atoms with Crippen LogP contribution in [0.2, 0.25) is 0 Å². The van der Waals surface area contributed by atoms with E-state index in [9.17, 15) is 9.90 Å². The van der Waals surface area contributed by atoms with Gasteiger partial charge in [0.25, 0.3) is 0 Å². The van der Waals surface area contributed by atoms with Crippen molar-refractivity contribution < 1.29 is 9.90 Å². The van der Waals surface area contributed by atoms with Gasteiger partial charge in [-0.2, -0.15) is 0 Å². The van der Waals surface area contributed by atoms with Gasteiger partial charge >= 0.3 is 0 Å². The normalized spacial score (nSPS) is 11.9. The zero-order valence-corrected chi connectivity index (χ0v) is 14.2. The summed E-state index contributed by atoms with van der Waals surface area (Å²) in [6.45, 7) is 3.32. The van der Waals surface area contributed by atoms with Crippen molar-refractivity contribution in [2.45, 2.75) is 19.6 Å². The Morgan fingerprint density at radius 3 is 2.30 bits per heavy atom. The molecule has 0 spiro atoms. The number of amides is 1. The Morgan fingerprint density at radius 2 is 1.70 bits per heavy atom. The maximum absolute atomic E-state index is 12.3. The van der Waals surface area contributed by atoms with E-state index in [4.69, 9.17) is 0 Å². The molecule has 2 rings (SSSR count). The van der Waals surface area contributed by atoms with Crippen LogP contribution >= 0.6 is 11.8 Å². The molecule has 0 radical (unpaired) electrons. The molecule has 1 N–H and O–H groups in total. The van der Waals surface area contributed by atoms with E-state index >= 15 is 0 Å². The molecule has 1 unspecified atom stereocenters. The van der Waals surface area contributed by atoms with Crippen LogP contribution in [0.15, 0.2) is 60.7 Å². The Bertz CT molecular complexity index is 589. The molecule has 0 saturated carbocycles. The van der Waals surface area contributed by atoms with Crippen LogP contribution in [0.25, 0.3) is 0 Å². The fourth-order valence-corrected chi connectivity index (χ4v) is 3.19. The molecule has 1 atom stereocenters. The first-order chi connectivity index (χ1) is 11.2. The van der Waals surface area contributed by atoms with Crippen molar-refractivity contribution in [3.05, 3.63) is 71.8 Å². The van der Waals surface area contributed by atoms with Crippen LogP contribution in [0.4, 0.5) is 0 Å². The standard InChI is InChI=1S/C19H23NO2S/c1-2-20(13-16-9-5-3-6-10-16)19(22)15-23-14-18(21)17-11-7-4-8-12-17/h3-12,18,21H,2,13-15H2,1H3. The maximum atomic E-state index is 12.3. The van der Waals surface area contributed by atoms with Gasteiger partial charge in [0.2, 0.25) is 5.91 Å². The van der Waals surface area contributed by atoms with Crippen LogP contribution in [0.1, 0.15) is 24.2 Å². The first-order valence-electron chi connectivity index (χ1n) is 7.83. The lowest BCUT2D eigenvalue weighted by molar-refractivity contribution is -0.128. The summed E-state index contributed by atoms with van der Waals surface area (Å²) in [5.74, 6) is 1.03. The number of hydrogen-bond donors (Lipinski definition) is 1. The van der Waals surface area contributed by atoms with E-state index in [0.717, 1.165) is 11.1 Å². The summed E-state index contributed by atoms with van der Waals surface area (Å²) in [6, 6.07) is 19.6. The predicted octanol–water partition coefficient (Wildman–Crippen LogP) is 3.50. The highest BCUT2D eigenvalue weighted by Crippen LogP contribution is 2.18. The lowest BCUT2D eigenvalue weighted by Gasteiger charge is -2.21. The molecule has 0 saturated heterocycles. The lowest BCUT2D eigenvalue weighted by Crippen LogP contribution is -2.31. The van der Waals surface area contributed by atoms with Crippen molar-refractivity contribution in [2.75, 3.05) is 18.1 Å². The fourth-order valence-electron chi connectivity index (χ4n) is 2.30. The minimum atomic E-state index is -0.529. The molecular formula is C19H23NO2S. The van der Waals surface area contributed by atoms with E-state index in [1.807, 2.05) is 72.5 Å². The molecule has 0 fully saturated rings. The van der Waals surface area contributed by atoms with Gasteiger partial charge in [-0.3, -0.25) is 4.79 Å². The molecule has 0 aliphatic rings. The van der Waals surface area contributed by atoms with Gasteiger partial charge in [-0.1, -0.05) is 60.7 Å². The summed E-state index contributed by atoms with van der Waals surface area (Å²) < 4.78 is 0. The molecule has 122 valence electrons. The Kier molecular flexibility index (Phi) is 7.17. The average molecular weight is 329 g/mol. The Hall–Kier alpha value is -1.78. The van der Waals surface area contributed by atoms with Crippen LogP contribution in [0.5, 0.6) is 0 Å². The third-order valence-electron chi connectivity index (χ3n) is 3.64. The van der Waals surface area contributed by atoms with Crippen LogP contribution in [-0.4, -0.2) is 34.0 Å². The van der Waals surface area contributed by atoms with Gasteiger partial charge in [0.1, 0.15) is 0 Å². The second kappa shape index (κ2) is 9.38. The van der Waals surface area contributed by atoms with E-state index in [-0.39, 0.29) is 5.91 Å². The first-order valence-corrected chi connectivity index (χ1v) is 8.98. The zero-order chi connectivity index (χ0) is 16.5. The Labute approximate surface area is 142 Å². The first kappa shape index (κ1) is 17.6. The second-order valence-electron chi connectivity index (χ2n) is 5.34. The van der Waals surface area contributed by atoms with Gasteiger partial charge in [-0.05, 0) is 18.1 Å². The quantitative estimate of drug-likeness (QED) is 0.806. The van der Waals surface area contributed by atoms with Gasteiger partial charge in [0.05, 0.1) is 11.9 Å². The van der Waals surface area contributed by atoms with Crippen molar-refractivity contribution in [2.24, 2.45) is 0 Å². The summed E-state index contributed by atoms with van der Waals surface area (Å²) in [7, 11) is 0. The van der Waals surface area contributed by atoms with Crippen molar-refractivity contribution in [1.82, 2.24) is 4.90 Å². The van der Waals surface area contributed by atoms with Crippen molar-refractivity contribution >= 4 is 17.7 Å². The smallest absolute Gasteiger partial charge is 0.232 e. The molecule has 4 heteroatoms. The maximum Gasteiger partial charge on any atom is 0.232 e. The van der Waals surface area contributed by atoms with Crippen molar-refractivity contribution in [3.8, 4) is 0 Å². The van der Waals surface area contributed by atoms with Crippen LogP contribution in [0.3, 0.4) is 0 Å². The number of carbonyl (C=O) groups is 1. The molecule has 23 heavy (non-hydrogen) atoms. The molecule has 0 heterocycles. The predicted molar refractivity (Wildman–Crippen MR) is 96.3 cm³/mol. The van der Waals surface area contributed by atoms with Crippen molar-refractivity contribution in [1.29, 1.82) is 0 Å². The average Bonchev–Trinajstić information content (AvgIpc) is 2.61. The van der Waals surface area contributed by atoms with Gasteiger partial charge < -0.3 is 10.0 Å². The minimum Gasteiger partial charge on any atom is -0.388 e. The SMILES string of the molecule is CCN(Cc1ccccc1)C(=O)CSCC(O)c1ccccc1. The van der Waals surface area contributed by atoms with E-state index in [1.54, 1.807) is 0 Å². The molecule has 1 amide bonds. The molecular weight excluding hydrogens is 306 g/mol. The van der Waals surface area contributed by atoms with Crippen LogP contribution < -0.4 is 0 Å². The molecule has 0 aliphatic heterocycles. The lowest BCUT2D eigenvalue weighted by atomic mass is 10.1. The molecule has 2 aromatic carbocycles. The number of benzene rings is 2. The van der Waals surface area contributed by atoms with Gasteiger partial charge in [-0.25, -0.2) is 0 Å². The number of aliphatic hydroxyl groups is 1. The summed E-state index contributed by atoms with van der Waals surface area (Å²) in [5.41, 5.74) is 2.03. The van der Waals surface area contributed by atoms with E-state index in [1.165, 1.54) is 11.8 Å². The number of rotatable bonds is 8. The molecule has 0 aliphatic carbocycles. The molecule has 2 aromatic rings. The largest absolute Gasteiger partial charge is 0.388 e. The van der Waals surface area contributed by atoms with Gasteiger partial charge in [0, 0.05) is 18.8 Å². The molecule has 0 aromatic heterocycles. The van der Waals surface area contributed by atoms with Gasteiger partial charge in [-0.15, -0.1) is 11.8 Å². The summed E-state index contributed by atoms with van der Waals surface area (Å²) in [6.07, 6.45) is -0.529. The van der Waals surface area contributed by atoms with Gasteiger partial charge in [0.15, 0.2) is 0 Å². The van der Waals surface area contributed by atoms with E-state index in [0.29, 0.717) is 24.6 Å². The monoisotopic (exact) mass is 329 g/mol. The summed E-state index contributed by atoms with van der Waals surface area (Å²) >= 11 is 1.48. The fraction of sp³-hybridized carbons (Fsp3) is 0.316. The number of nitrogens with zero attached hydrogens (tertiary/aromatic N) is 1. The van der Waals surface area contributed by atoms with E-state index in [2.05, 4.69) is 0 Å². The Balaban J connectivity index is 1.78. The number of hydrogen-bond acceptors (Lipinski definition) is 3. The summed E-state index contributed by atoms with van der Waals surface area (Å²) in [5, 5.41) is 10.1. The Morgan fingerprint density at radius 1 is 1.09 bits per heavy atom. The number of aliphatic hydroxyl groups excluding tert-OH is 1. The number of carbonyl (C=O) groups excluding carboxylic acids is 1. The molecule has 0 bridgehead atoms. The van der Waals surface area contributed by atoms with Crippen molar-refractivity contribution in [3.63, 3.8) is 0 Å². The van der Waals surface area contributed by atoms with Crippen LogP contribution in [0, 0.1) is 0 Å². The second-order valence-corrected chi connectivity index (χ2v) is 6.37. The minimum absolute atomic E-state index is 0.113. The molecule has 3 nitrogen and oxygen atoms in total. The topological polar surface area (TPSA) is 40.5 Å².